The monoisotopic (exact) mass is 433 g/mol. The van der Waals surface area contributed by atoms with Crippen LogP contribution >= 0.6 is 11.6 Å². The Balaban J connectivity index is 0.000000431. The average molecular weight is 434 g/mol. The van der Waals surface area contributed by atoms with Gasteiger partial charge < -0.3 is 10.1 Å². The van der Waals surface area contributed by atoms with E-state index in [2.05, 4.69) is 5.32 Å². The summed E-state index contributed by atoms with van der Waals surface area (Å²) in [6.45, 7) is 2.15. The van der Waals surface area contributed by atoms with E-state index in [9.17, 15) is 27.2 Å². The van der Waals surface area contributed by atoms with Crippen molar-refractivity contribution in [2.45, 2.75) is 51.3 Å². The smallest absolute Gasteiger partial charge is 0.386 e. The van der Waals surface area contributed by atoms with Crippen LogP contribution in [0.2, 0.25) is 5.02 Å². The largest absolute Gasteiger partial charge is 0.477 e. The lowest BCUT2D eigenvalue weighted by molar-refractivity contribution is -0.124. The van der Waals surface area contributed by atoms with E-state index in [1.165, 1.54) is 12.1 Å². The summed E-state index contributed by atoms with van der Waals surface area (Å²) in [7, 11) is 0. The number of allylic oxidation sites excluding steroid dienone is 2. The molecule has 0 radical (unpaired) electrons. The van der Waals surface area contributed by atoms with Crippen molar-refractivity contribution >= 4 is 29.0 Å². The third-order valence-corrected chi connectivity index (χ3v) is 5.19. The number of benzene rings is 1. The molecule has 3 unspecified atom stereocenters. The standard InChI is InChI=1S/C18H17ClFNO3.C2H3F3/c1-8-2-5-13(22)10(6-8)14-12(20)7-11(19)17-15(14)21-18(23)16(24-17)9-3-4-9;1-2(3,4)5/h2,5,7-10,16H,3-4,6H2,1H3,(H,21,23);1H3. The molecule has 1 N–H and O–H groups in total. The van der Waals surface area contributed by atoms with E-state index in [0.717, 1.165) is 12.8 Å². The van der Waals surface area contributed by atoms with E-state index < -0.39 is 24.0 Å². The maximum Gasteiger partial charge on any atom is 0.386 e. The van der Waals surface area contributed by atoms with Crippen molar-refractivity contribution in [1.29, 1.82) is 0 Å². The minimum Gasteiger partial charge on any atom is -0.477 e. The summed E-state index contributed by atoms with van der Waals surface area (Å²) in [4.78, 5) is 24.6. The maximum absolute atomic E-state index is 14.7. The topological polar surface area (TPSA) is 55.4 Å². The number of fused-ring (bicyclic) bond motifs is 1. The first-order chi connectivity index (χ1) is 13.5. The van der Waals surface area contributed by atoms with Gasteiger partial charge in [0.05, 0.1) is 16.6 Å². The Morgan fingerprint density at radius 2 is 1.86 bits per heavy atom. The maximum atomic E-state index is 14.7. The molecule has 1 heterocycles. The van der Waals surface area contributed by atoms with Crippen molar-refractivity contribution in [2.24, 2.45) is 11.8 Å². The molecule has 29 heavy (non-hydrogen) atoms. The molecule has 2 aliphatic carbocycles. The Morgan fingerprint density at radius 1 is 1.24 bits per heavy atom. The number of nitrogens with one attached hydrogen (secondary N) is 1. The van der Waals surface area contributed by atoms with E-state index in [1.807, 2.05) is 13.0 Å². The summed E-state index contributed by atoms with van der Waals surface area (Å²) >= 11 is 6.15. The third-order valence-electron chi connectivity index (χ3n) is 4.91. The van der Waals surface area contributed by atoms with Crippen molar-refractivity contribution in [3.8, 4) is 5.75 Å². The highest BCUT2D eigenvalue weighted by Gasteiger charge is 2.43. The predicted molar refractivity (Wildman–Crippen MR) is 99.6 cm³/mol. The Hall–Kier alpha value is -2.09. The first-order valence-electron chi connectivity index (χ1n) is 9.24. The molecule has 0 saturated heterocycles. The van der Waals surface area contributed by atoms with E-state index in [0.29, 0.717) is 6.42 Å². The van der Waals surface area contributed by atoms with Crippen LogP contribution in [0.4, 0.5) is 23.2 Å². The van der Waals surface area contributed by atoms with Crippen LogP contribution in [0.15, 0.2) is 18.2 Å². The van der Waals surface area contributed by atoms with Crippen LogP contribution in [0.3, 0.4) is 0 Å². The number of carbonyl (C=O) groups is 2. The Bertz CT molecular complexity index is 858. The van der Waals surface area contributed by atoms with Gasteiger partial charge in [0.15, 0.2) is 17.6 Å². The van der Waals surface area contributed by atoms with Crippen LogP contribution in [0.5, 0.6) is 5.75 Å². The molecule has 0 bridgehead atoms. The molecule has 4 rings (SSSR count). The number of ether oxygens (including phenoxy) is 1. The number of hydrogen-bond acceptors (Lipinski definition) is 3. The molecule has 1 aromatic rings. The number of halogens is 5. The molecular formula is C20H20ClF4NO3. The zero-order chi connectivity index (χ0) is 21.5. The van der Waals surface area contributed by atoms with Gasteiger partial charge in [-0.2, -0.15) is 13.2 Å². The van der Waals surface area contributed by atoms with Gasteiger partial charge in [-0.05, 0) is 37.3 Å². The van der Waals surface area contributed by atoms with Crippen molar-refractivity contribution in [3.05, 3.63) is 34.6 Å². The number of hydrogen-bond donors (Lipinski definition) is 1. The van der Waals surface area contributed by atoms with Crippen LogP contribution in [-0.4, -0.2) is 24.0 Å². The van der Waals surface area contributed by atoms with E-state index in [4.69, 9.17) is 16.3 Å². The van der Waals surface area contributed by atoms with Gasteiger partial charge in [0, 0.05) is 18.4 Å². The average Bonchev–Trinajstić information content (AvgIpc) is 3.41. The minimum absolute atomic E-state index is 0.115. The van der Waals surface area contributed by atoms with Crippen LogP contribution < -0.4 is 10.1 Å². The molecule has 9 heteroatoms. The lowest BCUT2D eigenvalue weighted by atomic mass is 9.81. The van der Waals surface area contributed by atoms with E-state index in [1.54, 1.807) is 0 Å². The van der Waals surface area contributed by atoms with Gasteiger partial charge in [0.1, 0.15) is 5.82 Å². The highest BCUT2D eigenvalue weighted by atomic mass is 35.5. The van der Waals surface area contributed by atoms with E-state index >= 15 is 0 Å². The summed E-state index contributed by atoms with van der Waals surface area (Å²) in [6.07, 6.45) is 1.07. The Kier molecular flexibility index (Phi) is 5.94. The number of amides is 1. The number of alkyl halides is 3. The molecule has 0 spiro atoms. The number of anilines is 1. The van der Waals surface area contributed by atoms with Crippen LogP contribution in [-0.2, 0) is 9.59 Å². The third kappa shape index (κ3) is 5.10. The minimum atomic E-state index is -4.00. The van der Waals surface area contributed by atoms with Crippen molar-refractivity contribution in [1.82, 2.24) is 0 Å². The highest BCUT2D eigenvalue weighted by Crippen LogP contribution is 2.48. The molecule has 1 fully saturated rings. The second kappa shape index (κ2) is 7.97. The molecule has 1 amide bonds. The predicted octanol–water partition coefficient (Wildman–Crippen LogP) is 5.41. The second-order valence-corrected chi connectivity index (χ2v) is 8.04. The SMILES string of the molecule is CC(F)(F)F.CC1C=CC(=O)C(c2c(F)cc(Cl)c3c2NC(=O)C(C2CC2)O3)C1. The normalized spacial score (nSPS) is 26.1. The molecule has 1 saturated carbocycles. The fraction of sp³-hybridized carbons (Fsp3) is 0.500. The summed E-state index contributed by atoms with van der Waals surface area (Å²) in [5.41, 5.74) is 0.390. The summed E-state index contributed by atoms with van der Waals surface area (Å²) in [6, 6.07) is 1.17. The van der Waals surface area contributed by atoms with Crippen LogP contribution in [0.1, 0.15) is 44.6 Å². The first kappa shape index (κ1) is 21.6. The quantitative estimate of drug-likeness (QED) is 0.635. The van der Waals surface area contributed by atoms with Crippen molar-refractivity contribution in [3.63, 3.8) is 0 Å². The molecule has 0 aromatic heterocycles. The molecule has 1 aromatic carbocycles. The lowest BCUT2D eigenvalue weighted by Crippen LogP contribution is -2.39. The molecule has 158 valence electrons. The van der Waals surface area contributed by atoms with Crippen molar-refractivity contribution in [2.75, 3.05) is 5.32 Å². The zero-order valence-corrected chi connectivity index (χ0v) is 16.5. The number of carbonyl (C=O) groups excluding carboxylic acids is 2. The highest BCUT2D eigenvalue weighted by molar-refractivity contribution is 6.33. The molecule has 1 aliphatic heterocycles. The number of rotatable bonds is 2. The van der Waals surface area contributed by atoms with Gasteiger partial charge in [-0.3, -0.25) is 9.59 Å². The lowest BCUT2D eigenvalue weighted by Gasteiger charge is -2.31. The first-order valence-corrected chi connectivity index (χ1v) is 9.61. The van der Waals surface area contributed by atoms with Gasteiger partial charge in [-0.1, -0.05) is 24.6 Å². The fourth-order valence-corrected chi connectivity index (χ4v) is 3.72. The van der Waals surface area contributed by atoms with Gasteiger partial charge >= 0.3 is 6.18 Å². The molecule has 3 atom stereocenters. The second-order valence-electron chi connectivity index (χ2n) is 7.63. The van der Waals surface area contributed by atoms with Gasteiger partial charge in [-0.15, -0.1) is 0 Å². The zero-order valence-electron chi connectivity index (χ0n) is 15.8. The molecule has 3 aliphatic rings. The van der Waals surface area contributed by atoms with Crippen molar-refractivity contribution < 1.29 is 31.9 Å². The van der Waals surface area contributed by atoms with Gasteiger partial charge in [0.2, 0.25) is 0 Å². The van der Waals surface area contributed by atoms with Gasteiger partial charge in [0.25, 0.3) is 5.91 Å². The van der Waals surface area contributed by atoms with Crippen LogP contribution in [0.25, 0.3) is 0 Å². The summed E-state index contributed by atoms with van der Waals surface area (Å²) in [5.74, 6) is -1.08. The van der Waals surface area contributed by atoms with Gasteiger partial charge in [-0.25, -0.2) is 4.39 Å². The summed E-state index contributed by atoms with van der Waals surface area (Å²) < 4.78 is 51.5. The Labute approximate surface area is 170 Å². The molecule has 4 nitrogen and oxygen atoms in total. The fourth-order valence-electron chi connectivity index (χ4n) is 3.48. The van der Waals surface area contributed by atoms with Crippen LogP contribution in [0, 0.1) is 17.7 Å². The molecular weight excluding hydrogens is 414 g/mol. The summed E-state index contributed by atoms with van der Waals surface area (Å²) in [5, 5.41) is 2.86. The number of ketones is 1. The van der Waals surface area contributed by atoms with E-state index in [-0.39, 0.29) is 52.5 Å². The Morgan fingerprint density at radius 3 is 2.45 bits per heavy atom.